The second-order valence-electron chi connectivity index (χ2n) is 9.14. The molecule has 0 radical (unpaired) electrons. The molecule has 1 saturated heterocycles. The minimum atomic E-state index is -3.63. The normalized spacial score (nSPS) is 15.6. The molecule has 2 aromatic carbocycles. The van der Waals surface area contributed by atoms with Gasteiger partial charge in [0.05, 0.1) is 18.1 Å². The number of halogens is 1. The van der Waals surface area contributed by atoms with Gasteiger partial charge < -0.3 is 14.0 Å². The molecule has 9 heteroatoms. The summed E-state index contributed by atoms with van der Waals surface area (Å²) in [4.78, 5) is 12.2. The van der Waals surface area contributed by atoms with Gasteiger partial charge in [0, 0.05) is 29.7 Å². The molecule has 0 N–H and O–H groups in total. The number of fused-ring (bicyclic) bond motifs is 1. The van der Waals surface area contributed by atoms with E-state index in [1.807, 2.05) is 25.3 Å². The van der Waals surface area contributed by atoms with Crippen LogP contribution in [0.4, 0.5) is 4.39 Å². The van der Waals surface area contributed by atoms with Crippen molar-refractivity contribution in [3.05, 3.63) is 59.5 Å². The van der Waals surface area contributed by atoms with Gasteiger partial charge in [-0.3, -0.25) is 4.79 Å². The molecule has 0 unspecified atom stereocenters. The number of rotatable bonds is 7. The van der Waals surface area contributed by atoms with Gasteiger partial charge in [0.25, 0.3) is 0 Å². The molecule has 1 fully saturated rings. The van der Waals surface area contributed by atoms with E-state index in [0.29, 0.717) is 31.7 Å². The molecule has 0 bridgehead atoms. The number of hydrogen-bond acceptors (Lipinski definition) is 5. The molecule has 0 aliphatic carbocycles. The molecule has 0 amide bonds. The first kappa shape index (κ1) is 25.2. The molecule has 7 nitrogen and oxygen atoms in total. The first-order valence-electron chi connectivity index (χ1n) is 11.7. The van der Waals surface area contributed by atoms with Gasteiger partial charge in [0.2, 0.25) is 10.0 Å². The summed E-state index contributed by atoms with van der Waals surface area (Å²) in [5, 5.41) is 0.758. The van der Waals surface area contributed by atoms with Crippen LogP contribution >= 0.6 is 0 Å². The van der Waals surface area contributed by atoms with E-state index >= 15 is 0 Å². The summed E-state index contributed by atoms with van der Waals surface area (Å²) in [6, 6.07) is 11.1. The van der Waals surface area contributed by atoms with Crippen LogP contribution in [0, 0.1) is 12.7 Å². The Balaban J connectivity index is 1.56. The molecule has 0 spiro atoms. The van der Waals surface area contributed by atoms with E-state index in [1.165, 1.54) is 23.5 Å². The second-order valence-corrected chi connectivity index (χ2v) is 11.1. The third-order valence-electron chi connectivity index (χ3n) is 6.54. The van der Waals surface area contributed by atoms with Gasteiger partial charge in [0.1, 0.15) is 18.1 Å². The monoisotopic (exact) mass is 502 g/mol. The van der Waals surface area contributed by atoms with Gasteiger partial charge in [-0.05, 0) is 87.6 Å². The van der Waals surface area contributed by atoms with Crippen molar-refractivity contribution in [1.29, 1.82) is 0 Å². The minimum absolute atomic E-state index is 0.00647. The molecular formula is C26H31FN2O5S. The number of esters is 1. The van der Waals surface area contributed by atoms with Crippen molar-refractivity contribution in [2.75, 3.05) is 20.2 Å². The topological polar surface area (TPSA) is 77.8 Å². The lowest BCUT2D eigenvalue weighted by Gasteiger charge is -2.31. The van der Waals surface area contributed by atoms with E-state index in [2.05, 4.69) is 0 Å². The van der Waals surface area contributed by atoms with Gasteiger partial charge in [-0.25, -0.2) is 12.8 Å². The molecular weight excluding hydrogens is 471 g/mol. The van der Waals surface area contributed by atoms with Crippen molar-refractivity contribution in [1.82, 2.24) is 8.87 Å². The Labute approximate surface area is 205 Å². The summed E-state index contributed by atoms with van der Waals surface area (Å²) in [5.74, 6) is -0.0550. The Morgan fingerprint density at radius 1 is 1.11 bits per heavy atom. The number of piperidine rings is 1. The summed E-state index contributed by atoms with van der Waals surface area (Å²) < 4.78 is 54.4. The molecule has 188 valence electrons. The van der Waals surface area contributed by atoms with Crippen molar-refractivity contribution in [2.45, 2.75) is 57.1 Å². The van der Waals surface area contributed by atoms with Crippen LogP contribution in [-0.2, 0) is 26.1 Å². The summed E-state index contributed by atoms with van der Waals surface area (Å²) in [6.45, 7) is 6.50. The van der Waals surface area contributed by atoms with Crippen molar-refractivity contribution in [3.63, 3.8) is 0 Å². The molecule has 35 heavy (non-hydrogen) atoms. The van der Waals surface area contributed by atoms with E-state index in [9.17, 15) is 17.6 Å². The van der Waals surface area contributed by atoms with Gasteiger partial charge in [-0.1, -0.05) is 0 Å². The highest BCUT2D eigenvalue weighted by atomic mass is 32.2. The fourth-order valence-electron chi connectivity index (χ4n) is 4.89. The number of aromatic nitrogens is 1. The van der Waals surface area contributed by atoms with Crippen LogP contribution in [0.3, 0.4) is 0 Å². The Bertz CT molecular complexity index is 1320. The SMILES string of the molecule is COC(=O)Cn1c(C)c(C2CCN(S(=O)(=O)c3ccc(OC(C)C)cc3)CC2)c2cc(F)ccc21. The van der Waals surface area contributed by atoms with Crippen molar-refractivity contribution in [2.24, 2.45) is 0 Å². The largest absolute Gasteiger partial charge is 0.491 e. The first-order chi connectivity index (χ1) is 16.6. The van der Waals surface area contributed by atoms with Crippen LogP contribution in [-0.4, -0.2) is 49.6 Å². The van der Waals surface area contributed by atoms with Crippen molar-refractivity contribution in [3.8, 4) is 5.75 Å². The Kier molecular flexibility index (Phi) is 7.19. The third kappa shape index (κ3) is 5.06. The number of carbonyl (C=O) groups is 1. The Morgan fingerprint density at radius 3 is 2.37 bits per heavy atom. The highest BCUT2D eigenvalue weighted by Gasteiger charge is 2.32. The number of sulfonamides is 1. The molecule has 1 aliphatic rings. The van der Waals surface area contributed by atoms with Gasteiger partial charge in [-0.2, -0.15) is 4.31 Å². The lowest BCUT2D eigenvalue weighted by Crippen LogP contribution is -2.38. The van der Waals surface area contributed by atoms with E-state index in [4.69, 9.17) is 9.47 Å². The Morgan fingerprint density at radius 2 is 1.77 bits per heavy atom. The zero-order valence-electron chi connectivity index (χ0n) is 20.5. The maximum absolute atomic E-state index is 14.2. The molecule has 0 atom stereocenters. The number of ether oxygens (including phenoxy) is 2. The number of hydrogen-bond donors (Lipinski definition) is 0. The van der Waals surface area contributed by atoms with Gasteiger partial charge in [0.15, 0.2) is 0 Å². The average molecular weight is 503 g/mol. The zero-order valence-corrected chi connectivity index (χ0v) is 21.3. The van der Waals surface area contributed by atoms with E-state index in [0.717, 1.165) is 22.2 Å². The predicted molar refractivity (Wildman–Crippen MR) is 132 cm³/mol. The quantitative estimate of drug-likeness (QED) is 0.441. The molecule has 3 aromatic rings. The smallest absolute Gasteiger partial charge is 0.325 e. The molecule has 4 rings (SSSR count). The molecule has 0 saturated carbocycles. The van der Waals surface area contributed by atoms with Crippen LogP contribution in [0.1, 0.15) is 43.9 Å². The van der Waals surface area contributed by atoms with Crippen LogP contribution in [0.2, 0.25) is 0 Å². The summed E-state index contributed by atoms with van der Waals surface area (Å²) in [5.41, 5.74) is 2.61. The maximum atomic E-state index is 14.2. The van der Waals surface area contributed by atoms with Crippen LogP contribution in [0.25, 0.3) is 10.9 Å². The average Bonchev–Trinajstić information content (AvgIpc) is 3.09. The number of carbonyl (C=O) groups excluding carboxylic acids is 1. The van der Waals surface area contributed by atoms with Gasteiger partial charge >= 0.3 is 5.97 Å². The highest BCUT2D eigenvalue weighted by Crippen LogP contribution is 2.39. The van der Waals surface area contributed by atoms with Crippen molar-refractivity contribution >= 4 is 26.9 Å². The fraction of sp³-hybridized carbons (Fsp3) is 0.423. The fourth-order valence-corrected chi connectivity index (χ4v) is 6.36. The lowest BCUT2D eigenvalue weighted by molar-refractivity contribution is -0.141. The summed E-state index contributed by atoms with van der Waals surface area (Å²) >= 11 is 0. The van der Waals surface area contributed by atoms with Crippen LogP contribution < -0.4 is 4.74 Å². The van der Waals surface area contributed by atoms with Crippen LogP contribution in [0.15, 0.2) is 47.4 Å². The molecule has 2 heterocycles. The minimum Gasteiger partial charge on any atom is -0.491 e. The number of methoxy groups -OCH3 is 1. The van der Waals surface area contributed by atoms with E-state index in [-0.39, 0.29) is 35.2 Å². The maximum Gasteiger partial charge on any atom is 0.325 e. The van der Waals surface area contributed by atoms with Gasteiger partial charge in [-0.15, -0.1) is 0 Å². The second kappa shape index (κ2) is 9.99. The highest BCUT2D eigenvalue weighted by molar-refractivity contribution is 7.89. The summed E-state index contributed by atoms with van der Waals surface area (Å²) in [7, 11) is -2.30. The predicted octanol–water partition coefficient (Wildman–Crippen LogP) is 4.62. The molecule has 1 aromatic heterocycles. The Hall–Kier alpha value is -2.91. The van der Waals surface area contributed by atoms with E-state index < -0.39 is 10.0 Å². The number of benzene rings is 2. The third-order valence-corrected chi connectivity index (χ3v) is 8.46. The first-order valence-corrected chi connectivity index (χ1v) is 13.2. The van der Waals surface area contributed by atoms with E-state index in [1.54, 1.807) is 30.3 Å². The molecule has 1 aliphatic heterocycles. The zero-order chi connectivity index (χ0) is 25.3. The number of nitrogens with zero attached hydrogens (tertiary/aromatic N) is 2. The van der Waals surface area contributed by atoms with Crippen molar-refractivity contribution < 1.29 is 27.1 Å². The lowest BCUT2D eigenvalue weighted by atomic mass is 9.88. The standard InChI is InChI=1S/C26H31FN2O5S/c1-17(2)34-21-6-8-22(9-7-21)35(31,32)28-13-11-19(12-14-28)26-18(3)29(16-25(30)33-4)24-10-5-20(27)15-23(24)26/h5-10,15,17,19H,11-14,16H2,1-4H3. The van der Waals surface area contributed by atoms with Crippen LogP contribution in [0.5, 0.6) is 5.75 Å². The summed E-state index contributed by atoms with van der Waals surface area (Å²) in [6.07, 6.45) is 1.21.